The van der Waals surface area contributed by atoms with Crippen LogP contribution in [-0.4, -0.2) is 11.5 Å². The van der Waals surface area contributed by atoms with Crippen molar-refractivity contribution in [2.45, 2.75) is 25.0 Å². The maximum atomic E-state index is 12.9. The van der Waals surface area contributed by atoms with E-state index < -0.39 is 22.0 Å². The fourth-order valence-corrected chi connectivity index (χ4v) is 1.94. The molecular formula is C8H12F2N2S. The van der Waals surface area contributed by atoms with Crippen LogP contribution in [0.25, 0.3) is 0 Å². The molecule has 0 amide bonds. The van der Waals surface area contributed by atoms with Gasteiger partial charge < -0.3 is 0 Å². The normalized spacial score (nSPS) is 16.8. The van der Waals surface area contributed by atoms with Crippen LogP contribution < -0.4 is 0 Å². The standard InChI is InChI=1S/C8H12F2N2S/c1-7(6-12)5-8(3-4-11)13(2,9)10/h7-8H,3,5H2,1-2H3. The molecule has 2 unspecified atom stereocenters. The van der Waals surface area contributed by atoms with Crippen molar-refractivity contribution in [3.05, 3.63) is 0 Å². The minimum absolute atomic E-state index is 0.114. The fourth-order valence-electron chi connectivity index (χ4n) is 0.947. The molecule has 74 valence electrons. The summed E-state index contributed by atoms with van der Waals surface area (Å²) in [6.45, 7) is 1.59. The fraction of sp³-hybridized carbons (Fsp3) is 0.750. The Kier molecular flexibility index (Phi) is 4.72. The van der Waals surface area contributed by atoms with Gasteiger partial charge in [0.25, 0.3) is 0 Å². The monoisotopic (exact) mass is 206 g/mol. The average Bonchev–Trinajstić information content (AvgIpc) is 2.01. The van der Waals surface area contributed by atoms with E-state index in [2.05, 4.69) is 0 Å². The highest BCUT2D eigenvalue weighted by Crippen LogP contribution is 2.55. The molecule has 0 spiro atoms. The Labute approximate surface area is 79.1 Å². The molecule has 0 heterocycles. The smallest absolute Gasteiger partial charge is 0.0653 e. The lowest BCUT2D eigenvalue weighted by molar-refractivity contribution is 0.595. The summed E-state index contributed by atoms with van der Waals surface area (Å²) >= 11 is 0. The second kappa shape index (κ2) is 5.04. The van der Waals surface area contributed by atoms with Gasteiger partial charge in [-0.1, -0.05) is 0 Å². The lowest BCUT2D eigenvalue weighted by Crippen LogP contribution is -2.13. The topological polar surface area (TPSA) is 47.6 Å². The summed E-state index contributed by atoms with van der Waals surface area (Å²) < 4.78 is 25.8. The van der Waals surface area contributed by atoms with E-state index >= 15 is 0 Å². The number of halogens is 2. The molecule has 0 saturated carbocycles. The Hall–Kier alpha value is -0.810. The maximum absolute atomic E-state index is 12.9. The molecule has 0 aliphatic rings. The third-order valence-corrected chi connectivity index (χ3v) is 3.27. The van der Waals surface area contributed by atoms with Gasteiger partial charge in [0.15, 0.2) is 0 Å². The maximum Gasteiger partial charge on any atom is 0.0653 e. The van der Waals surface area contributed by atoms with Crippen molar-refractivity contribution < 1.29 is 7.77 Å². The van der Waals surface area contributed by atoms with Gasteiger partial charge in [-0.2, -0.15) is 18.3 Å². The summed E-state index contributed by atoms with van der Waals surface area (Å²) in [5.74, 6) is -0.406. The molecule has 0 fully saturated rings. The van der Waals surface area contributed by atoms with E-state index in [-0.39, 0.29) is 12.8 Å². The number of nitrogens with zero attached hydrogens (tertiary/aromatic N) is 2. The van der Waals surface area contributed by atoms with Crippen molar-refractivity contribution in [3.8, 4) is 12.1 Å². The molecule has 0 radical (unpaired) electrons. The Balaban J connectivity index is 4.30. The molecular weight excluding hydrogens is 194 g/mol. The number of rotatable bonds is 4. The Morgan fingerprint density at radius 2 is 1.92 bits per heavy atom. The summed E-state index contributed by atoms with van der Waals surface area (Å²) in [5, 5.41) is 15.9. The Bertz CT molecular complexity index is 236. The summed E-state index contributed by atoms with van der Waals surface area (Å²) in [7, 11) is -3.71. The molecule has 0 aliphatic carbocycles. The number of hydrogen-bond donors (Lipinski definition) is 0. The summed E-state index contributed by atoms with van der Waals surface area (Å²) in [5.41, 5.74) is 0. The van der Waals surface area contributed by atoms with E-state index in [4.69, 9.17) is 10.5 Å². The Morgan fingerprint density at radius 1 is 1.38 bits per heavy atom. The molecule has 2 nitrogen and oxygen atoms in total. The second-order valence-corrected chi connectivity index (χ2v) is 5.26. The average molecular weight is 206 g/mol. The van der Waals surface area contributed by atoms with Crippen LogP contribution in [0.4, 0.5) is 7.77 Å². The van der Waals surface area contributed by atoms with Crippen LogP contribution >= 0.6 is 10.8 Å². The third-order valence-electron chi connectivity index (χ3n) is 1.74. The van der Waals surface area contributed by atoms with Crippen molar-refractivity contribution in [2.24, 2.45) is 5.92 Å². The van der Waals surface area contributed by atoms with Crippen molar-refractivity contribution in [3.63, 3.8) is 0 Å². The predicted molar refractivity (Wildman–Crippen MR) is 49.1 cm³/mol. The molecule has 0 aliphatic heterocycles. The van der Waals surface area contributed by atoms with Crippen LogP contribution in [-0.2, 0) is 0 Å². The minimum Gasteiger partial charge on any atom is -0.198 e. The van der Waals surface area contributed by atoms with Crippen molar-refractivity contribution in [1.82, 2.24) is 0 Å². The van der Waals surface area contributed by atoms with Crippen LogP contribution in [0.2, 0.25) is 0 Å². The minimum atomic E-state index is -3.71. The SMILES string of the molecule is CC(C#N)CC(CC#N)S(C)(F)F. The van der Waals surface area contributed by atoms with Gasteiger partial charge in [-0.05, 0) is 13.3 Å². The van der Waals surface area contributed by atoms with Gasteiger partial charge in [-0.3, -0.25) is 0 Å². The first kappa shape index (κ1) is 12.2. The van der Waals surface area contributed by atoms with Crippen LogP contribution in [0.5, 0.6) is 0 Å². The second-order valence-electron chi connectivity index (χ2n) is 3.03. The highest BCUT2D eigenvalue weighted by molar-refractivity contribution is 8.25. The number of hydrogen-bond acceptors (Lipinski definition) is 2. The first-order valence-electron chi connectivity index (χ1n) is 3.84. The van der Waals surface area contributed by atoms with Crippen LogP contribution in [0.1, 0.15) is 19.8 Å². The highest BCUT2D eigenvalue weighted by Gasteiger charge is 2.30. The lowest BCUT2D eigenvalue weighted by atomic mass is 10.1. The van der Waals surface area contributed by atoms with E-state index in [0.717, 1.165) is 6.26 Å². The van der Waals surface area contributed by atoms with E-state index in [1.807, 2.05) is 6.07 Å². The van der Waals surface area contributed by atoms with Gasteiger partial charge in [-0.25, -0.2) is 0 Å². The molecule has 0 rings (SSSR count). The predicted octanol–water partition coefficient (Wildman–Crippen LogP) is 3.02. The molecule has 5 heteroatoms. The van der Waals surface area contributed by atoms with E-state index in [1.165, 1.54) is 0 Å². The summed E-state index contributed by atoms with van der Waals surface area (Å²) in [6.07, 6.45) is 0.826. The molecule has 0 N–H and O–H groups in total. The van der Waals surface area contributed by atoms with E-state index in [1.54, 1.807) is 13.0 Å². The van der Waals surface area contributed by atoms with Gasteiger partial charge in [0.1, 0.15) is 0 Å². The van der Waals surface area contributed by atoms with Crippen LogP contribution in [0.3, 0.4) is 0 Å². The zero-order valence-electron chi connectivity index (χ0n) is 7.63. The largest absolute Gasteiger partial charge is 0.198 e. The molecule has 0 aromatic rings. The van der Waals surface area contributed by atoms with E-state index in [9.17, 15) is 7.77 Å². The van der Waals surface area contributed by atoms with Crippen molar-refractivity contribution >= 4 is 10.8 Å². The molecule has 0 aromatic carbocycles. The lowest BCUT2D eigenvalue weighted by Gasteiger charge is -2.25. The highest BCUT2D eigenvalue weighted by atomic mass is 32.3. The van der Waals surface area contributed by atoms with Crippen molar-refractivity contribution in [1.29, 1.82) is 10.5 Å². The summed E-state index contributed by atoms with van der Waals surface area (Å²) in [6, 6.07) is 3.63. The van der Waals surface area contributed by atoms with E-state index in [0.29, 0.717) is 0 Å². The van der Waals surface area contributed by atoms with Gasteiger partial charge in [0, 0.05) is 12.2 Å². The third kappa shape index (κ3) is 4.69. The van der Waals surface area contributed by atoms with Crippen molar-refractivity contribution in [2.75, 3.05) is 6.26 Å². The first-order valence-corrected chi connectivity index (χ1v) is 5.75. The summed E-state index contributed by atoms with van der Waals surface area (Å²) in [4.78, 5) is 0. The molecule has 0 aromatic heterocycles. The van der Waals surface area contributed by atoms with Gasteiger partial charge in [0.2, 0.25) is 0 Å². The molecule has 13 heavy (non-hydrogen) atoms. The van der Waals surface area contributed by atoms with Crippen LogP contribution in [0.15, 0.2) is 0 Å². The first-order chi connectivity index (χ1) is 5.91. The van der Waals surface area contributed by atoms with Gasteiger partial charge >= 0.3 is 0 Å². The molecule has 0 saturated heterocycles. The van der Waals surface area contributed by atoms with Gasteiger partial charge in [-0.15, -0.1) is 0 Å². The number of nitriles is 2. The Morgan fingerprint density at radius 3 is 2.23 bits per heavy atom. The quantitative estimate of drug-likeness (QED) is 0.709. The van der Waals surface area contributed by atoms with Crippen LogP contribution in [0, 0.1) is 28.6 Å². The zero-order valence-corrected chi connectivity index (χ0v) is 8.44. The molecule has 0 bridgehead atoms. The van der Waals surface area contributed by atoms with Gasteiger partial charge in [0.05, 0.1) is 34.6 Å². The zero-order chi connectivity index (χ0) is 10.5. The molecule has 2 atom stereocenters.